The molecule has 3 aromatic rings. The van der Waals surface area contributed by atoms with Gasteiger partial charge in [0.2, 0.25) is 17.8 Å². The maximum atomic E-state index is 13.1. The lowest BCUT2D eigenvalue weighted by Gasteiger charge is -2.26. The second-order valence-electron chi connectivity index (χ2n) is 9.70. The SMILES string of the molecule is CN(C(=O)C1CCCCC1)c1ccc2c(c1)nc(NC(=O)c1ccc(Cl)cc1)n2CCC(=O)NCCCN. The number of carbonyl (C=O) groups is 3. The van der Waals surface area contributed by atoms with Crippen LogP contribution in [0.5, 0.6) is 0 Å². The van der Waals surface area contributed by atoms with Crippen LogP contribution in [0.4, 0.5) is 11.6 Å². The lowest BCUT2D eigenvalue weighted by molar-refractivity contribution is -0.123. The van der Waals surface area contributed by atoms with E-state index in [1.54, 1.807) is 36.2 Å². The first-order valence-corrected chi connectivity index (χ1v) is 13.6. The second kappa shape index (κ2) is 12.9. The van der Waals surface area contributed by atoms with E-state index >= 15 is 0 Å². The number of aromatic nitrogens is 2. The number of amides is 3. The first-order valence-electron chi connectivity index (χ1n) is 13.2. The molecule has 0 atom stereocenters. The number of imidazole rings is 1. The Morgan fingerprint density at radius 2 is 1.84 bits per heavy atom. The monoisotopic (exact) mass is 538 g/mol. The van der Waals surface area contributed by atoms with Crippen LogP contribution in [0.3, 0.4) is 0 Å². The summed E-state index contributed by atoms with van der Waals surface area (Å²) >= 11 is 5.96. The third-order valence-electron chi connectivity index (χ3n) is 7.00. The van der Waals surface area contributed by atoms with Gasteiger partial charge in [0.15, 0.2) is 0 Å². The Hall–Kier alpha value is -3.43. The van der Waals surface area contributed by atoms with Crippen molar-refractivity contribution < 1.29 is 14.4 Å². The molecule has 1 aromatic heterocycles. The second-order valence-corrected chi connectivity index (χ2v) is 10.1. The molecule has 0 radical (unpaired) electrons. The number of nitrogens with one attached hydrogen (secondary N) is 2. The van der Waals surface area contributed by atoms with Crippen molar-refractivity contribution in [1.82, 2.24) is 14.9 Å². The van der Waals surface area contributed by atoms with Gasteiger partial charge < -0.3 is 20.5 Å². The number of nitrogens with zero attached hydrogens (tertiary/aromatic N) is 3. The molecule has 3 amide bonds. The van der Waals surface area contributed by atoms with Crippen LogP contribution in [0.2, 0.25) is 5.02 Å². The zero-order valence-corrected chi connectivity index (χ0v) is 22.5. The molecule has 4 N–H and O–H groups in total. The highest BCUT2D eigenvalue weighted by atomic mass is 35.5. The molecule has 9 nitrogen and oxygen atoms in total. The Morgan fingerprint density at radius 3 is 2.55 bits per heavy atom. The first kappa shape index (κ1) is 27.6. The largest absolute Gasteiger partial charge is 0.356 e. The van der Waals surface area contributed by atoms with Gasteiger partial charge in [0.25, 0.3) is 5.91 Å². The van der Waals surface area contributed by atoms with Crippen molar-refractivity contribution in [2.24, 2.45) is 11.7 Å². The Bertz CT molecular complexity index is 1280. The number of benzene rings is 2. The lowest BCUT2D eigenvalue weighted by atomic mass is 9.88. The normalized spacial score (nSPS) is 13.9. The van der Waals surface area contributed by atoms with E-state index in [-0.39, 0.29) is 30.1 Å². The molecule has 1 fully saturated rings. The molecular formula is C28H35ClN6O3. The predicted octanol–water partition coefficient (Wildman–Crippen LogP) is 4.34. The number of anilines is 2. The summed E-state index contributed by atoms with van der Waals surface area (Å²) < 4.78 is 1.82. The number of rotatable bonds is 10. The predicted molar refractivity (Wildman–Crippen MR) is 150 cm³/mol. The maximum Gasteiger partial charge on any atom is 0.257 e. The molecule has 38 heavy (non-hydrogen) atoms. The molecule has 0 aliphatic heterocycles. The van der Waals surface area contributed by atoms with Crippen LogP contribution < -0.4 is 21.3 Å². The molecule has 4 rings (SSSR count). The number of nitrogens with two attached hydrogens (primary N) is 1. The van der Waals surface area contributed by atoms with Crippen LogP contribution in [-0.4, -0.2) is 47.4 Å². The highest BCUT2D eigenvalue weighted by Gasteiger charge is 2.25. The summed E-state index contributed by atoms with van der Waals surface area (Å²) in [6, 6.07) is 12.2. The van der Waals surface area contributed by atoms with Gasteiger partial charge in [0.1, 0.15) is 0 Å². The summed E-state index contributed by atoms with van der Waals surface area (Å²) in [4.78, 5) is 44.8. The van der Waals surface area contributed by atoms with Gasteiger partial charge in [0, 0.05) is 48.7 Å². The average Bonchev–Trinajstić information content (AvgIpc) is 3.27. The van der Waals surface area contributed by atoms with Crippen LogP contribution in [0, 0.1) is 5.92 Å². The van der Waals surface area contributed by atoms with Gasteiger partial charge in [-0.1, -0.05) is 30.9 Å². The number of aryl methyl sites for hydroxylation is 1. The Kier molecular flexibility index (Phi) is 9.36. The summed E-state index contributed by atoms with van der Waals surface area (Å²) in [5, 5.41) is 6.27. The molecule has 0 bridgehead atoms. The van der Waals surface area contributed by atoms with Gasteiger partial charge >= 0.3 is 0 Å². The number of carbonyl (C=O) groups excluding carboxylic acids is 3. The van der Waals surface area contributed by atoms with Crippen LogP contribution >= 0.6 is 11.6 Å². The third kappa shape index (κ3) is 6.71. The highest BCUT2D eigenvalue weighted by Crippen LogP contribution is 2.29. The van der Waals surface area contributed by atoms with Crippen molar-refractivity contribution in [2.75, 3.05) is 30.4 Å². The van der Waals surface area contributed by atoms with Gasteiger partial charge in [-0.15, -0.1) is 0 Å². The molecule has 10 heteroatoms. The summed E-state index contributed by atoms with van der Waals surface area (Å²) in [5.41, 5.74) is 8.07. The first-order chi connectivity index (χ1) is 18.4. The summed E-state index contributed by atoms with van der Waals surface area (Å²) in [6.07, 6.45) is 6.13. The summed E-state index contributed by atoms with van der Waals surface area (Å²) in [6.45, 7) is 1.34. The van der Waals surface area contributed by atoms with E-state index in [0.717, 1.165) is 36.9 Å². The number of hydrogen-bond donors (Lipinski definition) is 3. The van der Waals surface area contributed by atoms with Crippen molar-refractivity contribution in [3.8, 4) is 0 Å². The van der Waals surface area contributed by atoms with Gasteiger partial charge in [-0.05, 0) is 68.3 Å². The van der Waals surface area contributed by atoms with Crippen LogP contribution in [0.1, 0.15) is 55.3 Å². The van der Waals surface area contributed by atoms with Crippen molar-refractivity contribution in [2.45, 2.75) is 51.5 Å². The van der Waals surface area contributed by atoms with E-state index in [4.69, 9.17) is 17.3 Å². The van der Waals surface area contributed by atoms with Crippen molar-refractivity contribution in [1.29, 1.82) is 0 Å². The standard InChI is InChI=1S/C28H35ClN6O3/c1-34(27(38)20-6-3-2-4-7-20)22-12-13-24-23(18-22)32-28(33-26(37)19-8-10-21(29)11-9-19)35(24)17-14-25(36)31-16-5-15-30/h8-13,18,20H,2-7,14-17,30H2,1H3,(H,31,36)(H,32,33,37). The van der Waals surface area contributed by atoms with Crippen molar-refractivity contribution in [3.63, 3.8) is 0 Å². The lowest BCUT2D eigenvalue weighted by Crippen LogP contribution is -2.33. The van der Waals surface area contributed by atoms with Crippen molar-refractivity contribution >= 4 is 52.0 Å². The molecule has 1 heterocycles. The maximum absolute atomic E-state index is 13.1. The average molecular weight is 539 g/mol. The van der Waals surface area contributed by atoms with Gasteiger partial charge in [-0.3, -0.25) is 19.7 Å². The minimum Gasteiger partial charge on any atom is -0.356 e. The minimum atomic E-state index is -0.338. The molecule has 1 aliphatic rings. The Balaban J connectivity index is 1.59. The zero-order valence-electron chi connectivity index (χ0n) is 21.7. The van der Waals surface area contributed by atoms with E-state index in [9.17, 15) is 14.4 Å². The topological polar surface area (TPSA) is 122 Å². The molecule has 0 unspecified atom stereocenters. The molecule has 0 spiro atoms. The fraction of sp³-hybridized carbons (Fsp3) is 0.429. The van der Waals surface area contributed by atoms with Crippen LogP contribution in [0.25, 0.3) is 11.0 Å². The fourth-order valence-electron chi connectivity index (χ4n) is 4.81. The molecule has 202 valence electrons. The van der Waals surface area contributed by atoms with Crippen LogP contribution in [-0.2, 0) is 16.1 Å². The van der Waals surface area contributed by atoms with E-state index in [1.165, 1.54) is 6.42 Å². The fourth-order valence-corrected chi connectivity index (χ4v) is 4.93. The zero-order chi connectivity index (χ0) is 27.1. The third-order valence-corrected chi connectivity index (χ3v) is 7.25. The van der Waals surface area contributed by atoms with Gasteiger partial charge in [-0.25, -0.2) is 4.98 Å². The quantitative estimate of drug-likeness (QED) is 0.331. The van der Waals surface area contributed by atoms with Gasteiger partial charge in [0.05, 0.1) is 11.0 Å². The summed E-state index contributed by atoms with van der Waals surface area (Å²) in [7, 11) is 1.80. The van der Waals surface area contributed by atoms with E-state index in [2.05, 4.69) is 15.6 Å². The smallest absolute Gasteiger partial charge is 0.257 e. The van der Waals surface area contributed by atoms with Crippen LogP contribution in [0.15, 0.2) is 42.5 Å². The number of hydrogen-bond acceptors (Lipinski definition) is 5. The highest BCUT2D eigenvalue weighted by molar-refractivity contribution is 6.30. The van der Waals surface area contributed by atoms with E-state index in [0.29, 0.717) is 48.1 Å². The molecule has 1 aliphatic carbocycles. The van der Waals surface area contributed by atoms with Crippen molar-refractivity contribution in [3.05, 3.63) is 53.1 Å². The molecule has 1 saturated carbocycles. The molecular weight excluding hydrogens is 504 g/mol. The van der Waals surface area contributed by atoms with E-state index < -0.39 is 0 Å². The number of fused-ring (bicyclic) bond motifs is 1. The Labute approximate surface area is 227 Å². The Morgan fingerprint density at radius 1 is 1.11 bits per heavy atom. The molecule has 2 aromatic carbocycles. The minimum absolute atomic E-state index is 0.0500. The summed E-state index contributed by atoms with van der Waals surface area (Å²) in [5.74, 6) is 0.0520. The van der Waals surface area contributed by atoms with Gasteiger partial charge in [-0.2, -0.15) is 0 Å². The van der Waals surface area contributed by atoms with E-state index in [1.807, 2.05) is 22.8 Å². The number of halogens is 1. The molecule has 0 saturated heterocycles.